The van der Waals surface area contributed by atoms with E-state index in [1.54, 1.807) is 11.8 Å². The number of aryl methyl sites for hydroxylation is 1. The number of thioether (sulfide) groups is 1. The van der Waals surface area contributed by atoms with Gasteiger partial charge in [0.2, 0.25) is 0 Å². The number of aromatic nitrogens is 1. The van der Waals surface area contributed by atoms with Crippen molar-refractivity contribution in [1.29, 1.82) is 0 Å². The van der Waals surface area contributed by atoms with Gasteiger partial charge in [0.05, 0.1) is 5.69 Å². The number of nitrogens with zero attached hydrogens (tertiary/aromatic N) is 1. The summed E-state index contributed by atoms with van der Waals surface area (Å²) in [7, 11) is 0. The molecule has 0 spiro atoms. The molecule has 0 aliphatic carbocycles. The summed E-state index contributed by atoms with van der Waals surface area (Å²) in [5, 5.41) is 0. The Kier molecular flexibility index (Phi) is 4.48. The van der Waals surface area contributed by atoms with Gasteiger partial charge in [-0.25, -0.2) is 0 Å². The zero-order valence-corrected chi connectivity index (χ0v) is 8.66. The van der Waals surface area contributed by atoms with Gasteiger partial charge in [0, 0.05) is 17.0 Å². The Labute approximate surface area is 82.5 Å². The summed E-state index contributed by atoms with van der Waals surface area (Å²) in [5.41, 5.74) is 1.17. The summed E-state index contributed by atoms with van der Waals surface area (Å²) in [4.78, 5) is 5.57. The van der Waals surface area contributed by atoms with Crippen LogP contribution in [0.5, 0.6) is 0 Å². The van der Waals surface area contributed by atoms with Crippen LogP contribution in [0.25, 0.3) is 0 Å². The molecule has 0 radical (unpaired) electrons. The Morgan fingerprint density at radius 1 is 1.58 bits per heavy atom. The second kappa shape index (κ2) is 5.44. The van der Waals surface area contributed by atoms with Crippen LogP contribution in [-0.4, -0.2) is 17.1 Å². The standard InChI is InChI=1S/C9H12ClNS/c1-12-9-5-3-7-11-8(9)4-2-6-10/h3,5,7H,2,4,6H2,1H3. The molecule has 0 unspecified atom stereocenters. The van der Waals surface area contributed by atoms with Crippen LogP contribution in [-0.2, 0) is 6.42 Å². The van der Waals surface area contributed by atoms with Crippen LogP contribution < -0.4 is 0 Å². The lowest BCUT2D eigenvalue weighted by molar-refractivity contribution is 0.861. The first-order valence-electron chi connectivity index (χ1n) is 3.92. The molecular weight excluding hydrogens is 190 g/mol. The molecule has 0 atom stereocenters. The van der Waals surface area contributed by atoms with Crippen LogP contribution in [0, 0.1) is 0 Å². The van der Waals surface area contributed by atoms with Crippen LogP contribution in [0.15, 0.2) is 23.2 Å². The number of hydrogen-bond donors (Lipinski definition) is 0. The molecule has 0 saturated heterocycles. The number of hydrogen-bond acceptors (Lipinski definition) is 2. The van der Waals surface area contributed by atoms with Crippen molar-refractivity contribution in [2.75, 3.05) is 12.1 Å². The minimum Gasteiger partial charge on any atom is -0.260 e. The average Bonchev–Trinajstić information content (AvgIpc) is 2.15. The van der Waals surface area contributed by atoms with Gasteiger partial charge in [-0.2, -0.15) is 0 Å². The number of pyridine rings is 1. The maximum atomic E-state index is 5.61. The molecule has 1 aromatic heterocycles. The molecule has 0 aliphatic rings. The average molecular weight is 202 g/mol. The minimum atomic E-state index is 0.713. The lowest BCUT2D eigenvalue weighted by Gasteiger charge is -2.03. The summed E-state index contributed by atoms with van der Waals surface area (Å²) in [5.74, 6) is 0.713. The fourth-order valence-corrected chi connectivity index (χ4v) is 1.77. The summed E-state index contributed by atoms with van der Waals surface area (Å²) >= 11 is 7.35. The number of halogens is 1. The third-order valence-electron chi connectivity index (χ3n) is 1.62. The SMILES string of the molecule is CSc1cccnc1CCCCl. The molecule has 0 bridgehead atoms. The largest absolute Gasteiger partial charge is 0.260 e. The minimum absolute atomic E-state index is 0.713. The van der Waals surface area contributed by atoms with Crippen LogP contribution in [0.3, 0.4) is 0 Å². The highest BCUT2D eigenvalue weighted by Gasteiger charge is 2.00. The Morgan fingerprint density at radius 2 is 2.42 bits per heavy atom. The van der Waals surface area contributed by atoms with Crippen LogP contribution in [0.2, 0.25) is 0 Å². The van der Waals surface area contributed by atoms with Gasteiger partial charge in [-0.15, -0.1) is 23.4 Å². The van der Waals surface area contributed by atoms with E-state index in [-0.39, 0.29) is 0 Å². The molecule has 3 heteroatoms. The molecule has 1 heterocycles. The lowest BCUT2D eigenvalue weighted by Crippen LogP contribution is -1.92. The molecule has 1 aromatic rings. The Bertz CT molecular complexity index is 240. The lowest BCUT2D eigenvalue weighted by atomic mass is 10.2. The van der Waals surface area contributed by atoms with E-state index in [9.17, 15) is 0 Å². The maximum absolute atomic E-state index is 5.61. The molecule has 0 aliphatic heterocycles. The van der Waals surface area contributed by atoms with Crippen molar-refractivity contribution in [2.24, 2.45) is 0 Å². The van der Waals surface area contributed by atoms with E-state index >= 15 is 0 Å². The summed E-state index contributed by atoms with van der Waals surface area (Å²) in [6, 6.07) is 4.07. The van der Waals surface area contributed by atoms with E-state index in [0.29, 0.717) is 5.88 Å². The number of alkyl halides is 1. The van der Waals surface area contributed by atoms with Gasteiger partial charge in [-0.05, 0) is 31.2 Å². The fourth-order valence-electron chi connectivity index (χ4n) is 1.03. The van der Waals surface area contributed by atoms with Crippen molar-refractivity contribution in [3.05, 3.63) is 24.0 Å². The molecular formula is C9H12ClNS. The first-order valence-corrected chi connectivity index (χ1v) is 5.68. The van der Waals surface area contributed by atoms with Crippen LogP contribution >= 0.6 is 23.4 Å². The third-order valence-corrected chi connectivity index (χ3v) is 2.69. The molecule has 12 heavy (non-hydrogen) atoms. The third kappa shape index (κ3) is 2.68. The first-order chi connectivity index (χ1) is 5.88. The highest BCUT2D eigenvalue weighted by molar-refractivity contribution is 7.98. The van der Waals surface area contributed by atoms with E-state index in [2.05, 4.69) is 17.3 Å². The molecule has 1 nitrogen and oxygen atoms in total. The molecule has 0 saturated carbocycles. The zero-order valence-electron chi connectivity index (χ0n) is 7.09. The van der Waals surface area contributed by atoms with E-state index in [1.165, 1.54) is 10.6 Å². The van der Waals surface area contributed by atoms with E-state index in [0.717, 1.165) is 12.8 Å². The van der Waals surface area contributed by atoms with Crippen LogP contribution in [0.4, 0.5) is 0 Å². The number of rotatable bonds is 4. The first kappa shape index (κ1) is 9.87. The smallest absolute Gasteiger partial charge is 0.0539 e. The van der Waals surface area contributed by atoms with Gasteiger partial charge in [0.15, 0.2) is 0 Å². The van der Waals surface area contributed by atoms with E-state index < -0.39 is 0 Å². The predicted octanol–water partition coefficient (Wildman–Crippen LogP) is 2.97. The second-order valence-electron chi connectivity index (χ2n) is 2.44. The second-order valence-corrected chi connectivity index (χ2v) is 3.67. The fraction of sp³-hybridized carbons (Fsp3) is 0.444. The molecule has 0 fully saturated rings. The molecule has 66 valence electrons. The molecule has 0 N–H and O–H groups in total. The van der Waals surface area contributed by atoms with Gasteiger partial charge in [0.1, 0.15) is 0 Å². The van der Waals surface area contributed by atoms with Crippen molar-refractivity contribution in [3.63, 3.8) is 0 Å². The van der Waals surface area contributed by atoms with Crippen molar-refractivity contribution in [1.82, 2.24) is 4.98 Å². The van der Waals surface area contributed by atoms with E-state index in [4.69, 9.17) is 11.6 Å². The van der Waals surface area contributed by atoms with Crippen molar-refractivity contribution < 1.29 is 0 Å². The Hall–Kier alpha value is -0.210. The normalized spacial score (nSPS) is 10.2. The monoisotopic (exact) mass is 201 g/mol. The van der Waals surface area contributed by atoms with Gasteiger partial charge in [-0.3, -0.25) is 4.98 Å². The molecule has 1 rings (SSSR count). The van der Waals surface area contributed by atoms with Gasteiger partial charge in [-0.1, -0.05) is 0 Å². The Morgan fingerprint density at radius 3 is 3.08 bits per heavy atom. The highest BCUT2D eigenvalue weighted by atomic mass is 35.5. The van der Waals surface area contributed by atoms with Gasteiger partial charge >= 0.3 is 0 Å². The van der Waals surface area contributed by atoms with Crippen molar-refractivity contribution in [3.8, 4) is 0 Å². The topological polar surface area (TPSA) is 12.9 Å². The van der Waals surface area contributed by atoms with Crippen LogP contribution in [0.1, 0.15) is 12.1 Å². The Balaban J connectivity index is 2.68. The highest BCUT2D eigenvalue weighted by Crippen LogP contribution is 2.18. The van der Waals surface area contributed by atoms with Crippen molar-refractivity contribution in [2.45, 2.75) is 17.7 Å². The predicted molar refractivity (Wildman–Crippen MR) is 55.1 cm³/mol. The summed E-state index contributed by atoms with van der Waals surface area (Å²) in [6.45, 7) is 0. The van der Waals surface area contributed by atoms with E-state index in [1.807, 2.05) is 12.3 Å². The van der Waals surface area contributed by atoms with Gasteiger partial charge < -0.3 is 0 Å². The molecule has 0 aromatic carbocycles. The maximum Gasteiger partial charge on any atom is 0.0539 e. The quantitative estimate of drug-likeness (QED) is 0.549. The molecule has 0 amide bonds. The zero-order chi connectivity index (χ0) is 8.81. The van der Waals surface area contributed by atoms with Crippen molar-refractivity contribution >= 4 is 23.4 Å². The summed E-state index contributed by atoms with van der Waals surface area (Å²) in [6.07, 6.45) is 5.90. The van der Waals surface area contributed by atoms with Gasteiger partial charge in [0.25, 0.3) is 0 Å². The summed E-state index contributed by atoms with van der Waals surface area (Å²) < 4.78 is 0.